The highest BCUT2D eigenvalue weighted by Gasteiger charge is 2.35. The van der Waals surface area contributed by atoms with Gasteiger partial charge in [-0.2, -0.15) is 0 Å². The van der Waals surface area contributed by atoms with E-state index in [1.54, 1.807) is 10.9 Å². The third-order valence-electron chi connectivity index (χ3n) is 6.77. The van der Waals surface area contributed by atoms with Crippen LogP contribution in [0.15, 0.2) is 65.7 Å². The summed E-state index contributed by atoms with van der Waals surface area (Å²) >= 11 is 7.48. The molecule has 4 aromatic rings. The molecule has 2 aromatic carbocycles. The summed E-state index contributed by atoms with van der Waals surface area (Å²) in [5, 5.41) is 0.694. The largest absolute Gasteiger partial charge is 0.489 e. The van der Waals surface area contributed by atoms with Crippen LogP contribution >= 0.6 is 22.9 Å². The number of halogens is 1. The summed E-state index contributed by atoms with van der Waals surface area (Å²) in [7, 11) is 0. The first-order chi connectivity index (χ1) is 16.1. The van der Waals surface area contributed by atoms with Crippen molar-refractivity contribution in [2.75, 3.05) is 19.6 Å². The Kier molecular flexibility index (Phi) is 5.45. The van der Waals surface area contributed by atoms with Crippen molar-refractivity contribution in [3.63, 3.8) is 0 Å². The van der Waals surface area contributed by atoms with Gasteiger partial charge in [-0.1, -0.05) is 35.9 Å². The van der Waals surface area contributed by atoms with Crippen LogP contribution in [0.1, 0.15) is 18.4 Å². The molecule has 0 aliphatic carbocycles. The van der Waals surface area contributed by atoms with E-state index in [2.05, 4.69) is 16.0 Å². The molecular weight excluding hydrogens is 454 g/mol. The molecule has 0 radical (unpaired) electrons. The van der Waals surface area contributed by atoms with E-state index in [4.69, 9.17) is 16.3 Å². The summed E-state index contributed by atoms with van der Waals surface area (Å²) in [5.74, 6) is 1.54. The molecule has 7 rings (SSSR count). The fourth-order valence-corrected chi connectivity index (χ4v) is 6.14. The summed E-state index contributed by atoms with van der Waals surface area (Å²) in [5.41, 5.74) is 2.78. The Morgan fingerprint density at radius 3 is 2.67 bits per heavy atom. The fraction of sp³-hybridized carbons (Fsp3) is 0.308. The summed E-state index contributed by atoms with van der Waals surface area (Å²) in [4.78, 5) is 21.3. The Balaban J connectivity index is 1.24. The van der Waals surface area contributed by atoms with Crippen LogP contribution in [-0.4, -0.2) is 40.2 Å². The molecule has 3 aliphatic rings. The molecule has 168 valence electrons. The molecule has 5 nitrogen and oxygen atoms in total. The lowest BCUT2D eigenvalue weighted by Gasteiger charge is -2.44. The van der Waals surface area contributed by atoms with Gasteiger partial charge in [0, 0.05) is 16.4 Å². The second-order valence-electron chi connectivity index (χ2n) is 8.95. The monoisotopic (exact) mass is 477 g/mol. The molecule has 1 atom stereocenters. The summed E-state index contributed by atoms with van der Waals surface area (Å²) < 4.78 is 8.72. The minimum Gasteiger partial charge on any atom is -0.489 e. The standard InChI is InChI=1S/C26H24ClN3O2S/c27-20-6-4-19(5-7-20)24-13-22-25(33-24)26(31)30(16-28-22)14-17-2-1-3-21(12-17)32-23-15-29-10-8-18(23)9-11-29/h1-7,12-13,16,18,23H,8-11,14-15H2/t23-/m0/s1. The van der Waals surface area contributed by atoms with Crippen molar-refractivity contribution in [3.05, 3.63) is 81.9 Å². The van der Waals surface area contributed by atoms with Gasteiger partial charge in [0.15, 0.2) is 0 Å². The van der Waals surface area contributed by atoms with Gasteiger partial charge in [0.05, 0.1) is 18.4 Å². The van der Waals surface area contributed by atoms with Crippen molar-refractivity contribution < 1.29 is 4.74 Å². The van der Waals surface area contributed by atoms with Crippen molar-refractivity contribution in [2.45, 2.75) is 25.5 Å². The van der Waals surface area contributed by atoms with E-state index in [-0.39, 0.29) is 11.7 Å². The number of aromatic nitrogens is 2. The number of ether oxygens (including phenoxy) is 1. The average molecular weight is 478 g/mol. The maximum Gasteiger partial charge on any atom is 0.271 e. The van der Waals surface area contributed by atoms with E-state index >= 15 is 0 Å². The lowest BCUT2D eigenvalue weighted by Crippen LogP contribution is -2.52. The summed E-state index contributed by atoms with van der Waals surface area (Å²) in [6.07, 6.45) is 4.36. The Bertz CT molecular complexity index is 1360. The molecule has 33 heavy (non-hydrogen) atoms. The molecule has 0 amide bonds. The minimum absolute atomic E-state index is 0.0195. The number of piperidine rings is 3. The van der Waals surface area contributed by atoms with Gasteiger partial charge < -0.3 is 4.74 Å². The topological polar surface area (TPSA) is 47.4 Å². The van der Waals surface area contributed by atoms with Gasteiger partial charge in [0.1, 0.15) is 16.6 Å². The molecule has 2 aromatic heterocycles. The number of rotatable bonds is 5. The van der Waals surface area contributed by atoms with Crippen molar-refractivity contribution in [1.29, 1.82) is 0 Å². The molecule has 0 spiro atoms. The van der Waals surface area contributed by atoms with Crippen molar-refractivity contribution in [3.8, 4) is 16.2 Å². The smallest absolute Gasteiger partial charge is 0.271 e. The first-order valence-corrected chi connectivity index (χ1v) is 12.5. The van der Waals surface area contributed by atoms with Gasteiger partial charge in [-0.15, -0.1) is 11.3 Å². The predicted octanol–water partition coefficient (Wildman–Crippen LogP) is 5.30. The average Bonchev–Trinajstić information content (AvgIpc) is 3.28. The zero-order valence-corrected chi connectivity index (χ0v) is 19.7. The molecular formula is C26H24ClN3O2S. The van der Waals surface area contributed by atoms with Crippen LogP contribution < -0.4 is 10.3 Å². The highest BCUT2D eigenvalue weighted by atomic mass is 35.5. The van der Waals surface area contributed by atoms with E-state index in [0.29, 0.717) is 22.2 Å². The molecule has 3 saturated heterocycles. The first-order valence-electron chi connectivity index (χ1n) is 11.4. The van der Waals surface area contributed by atoms with Gasteiger partial charge in [0.25, 0.3) is 5.56 Å². The van der Waals surface area contributed by atoms with E-state index in [0.717, 1.165) is 33.8 Å². The van der Waals surface area contributed by atoms with Crippen LogP contribution in [0, 0.1) is 5.92 Å². The minimum atomic E-state index is -0.0195. The predicted molar refractivity (Wildman–Crippen MR) is 133 cm³/mol. The summed E-state index contributed by atoms with van der Waals surface area (Å²) in [6.45, 7) is 3.88. The van der Waals surface area contributed by atoms with Crippen LogP contribution in [0.5, 0.6) is 5.75 Å². The molecule has 0 saturated carbocycles. The van der Waals surface area contributed by atoms with Crippen LogP contribution in [0.4, 0.5) is 0 Å². The lowest BCUT2D eigenvalue weighted by molar-refractivity contribution is -0.00779. The van der Waals surface area contributed by atoms with Crippen LogP contribution in [0.2, 0.25) is 5.02 Å². The molecule has 3 fully saturated rings. The number of benzene rings is 2. The highest BCUT2D eigenvalue weighted by Crippen LogP contribution is 2.32. The van der Waals surface area contributed by atoms with E-state index in [1.807, 2.05) is 48.5 Å². The zero-order valence-electron chi connectivity index (χ0n) is 18.1. The maximum absolute atomic E-state index is 13.2. The van der Waals surface area contributed by atoms with Gasteiger partial charge in [-0.25, -0.2) is 4.98 Å². The normalized spacial score (nSPS) is 22.0. The second-order valence-corrected chi connectivity index (χ2v) is 10.4. The number of fused-ring (bicyclic) bond motifs is 4. The molecule has 7 heteroatoms. The number of thiophene rings is 1. The molecule has 5 heterocycles. The van der Waals surface area contributed by atoms with Crippen LogP contribution in [-0.2, 0) is 6.54 Å². The zero-order chi connectivity index (χ0) is 22.4. The Morgan fingerprint density at radius 2 is 1.91 bits per heavy atom. The fourth-order valence-electron chi connectivity index (χ4n) is 4.95. The molecule has 2 bridgehead atoms. The number of hydrogen-bond donors (Lipinski definition) is 0. The van der Waals surface area contributed by atoms with Crippen molar-refractivity contribution in [2.24, 2.45) is 5.92 Å². The van der Waals surface area contributed by atoms with E-state index < -0.39 is 0 Å². The highest BCUT2D eigenvalue weighted by molar-refractivity contribution is 7.22. The Hall–Kier alpha value is -2.67. The van der Waals surface area contributed by atoms with Gasteiger partial charge >= 0.3 is 0 Å². The lowest BCUT2D eigenvalue weighted by atomic mass is 9.86. The second kappa shape index (κ2) is 8.60. The van der Waals surface area contributed by atoms with Gasteiger partial charge in [0.2, 0.25) is 0 Å². The van der Waals surface area contributed by atoms with Crippen molar-refractivity contribution >= 4 is 33.2 Å². The first kappa shape index (κ1) is 20.9. The number of hydrogen-bond acceptors (Lipinski definition) is 5. The summed E-state index contributed by atoms with van der Waals surface area (Å²) in [6, 6.07) is 17.7. The third-order valence-corrected chi connectivity index (χ3v) is 8.18. The molecule has 0 N–H and O–H groups in total. The van der Waals surface area contributed by atoms with Gasteiger partial charge in [-0.3, -0.25) is 14.3 Å². The van der Waals surface area contributed by atoms with Crippen LogP contribution in [0.3, 0.4) is 0 Å². The Labute approximate surface area is 201 Å². The molecule has 0 unspecified atom stereocenters. The van der Waals surface area contributed by atoms with Crippen LogP contribution in [0.25, 0.3) is 20.7 Å². The Morgan fingerprint density at radius 1 is 1.09 bits per heavy atom. The third kappa shape index (κ3) is 4.19. The van der Waals surface area contributed by atoms with Crippen molar-refractivity contribution in [1.82, 2.24) is 14.5 Å². The molecule has 3 aliphatic heterocycles. The quantitative estimate of drug-likeness (QED) is 0.391. The SMILES string of the molecule is O=c1c2sc(-c3ccc(Cl)cc3)cc2ncn1Cc1cccc(O[C@H]2CN3CCC2CC3)c1. The maximum atomic E-state index is 13.2. The van der Waals surface area contributed by atoms with Gasteiger partial charge in [-0.05, 0) is 73.3 Å². The van der Waals surface area contributed by atoms with E-state index in [1.165, 1.54) is 37.3 Å². The number of nitrogens with zero attached hydrogens (tertiary/aromatic N) is 3. The van der Waals surface area contributed by atoms with E-state index in [9.17, 15) is 4.79 Å².